The van der Waals surface area contributed by atoms with Gasteiger partial charge in [0.25, 0.3) is 5.91 Å². The first-order valence-electron chi connectivity index (χ1n) is 9.84. The predicted molar refractivity (Wildman–Crippen MR) is 114 cm³/mol. The van der Waals surface area contributed by atoms with Crippen molar-refractivity contribution in [2.24, 2.45) is 0 Å². The molecule has 0 bridgehead atoms. The van der Waals surface area contributed by atoms with Gasteiger partial charge in [-0.25, -0.2) is 8.42 Å². The summed E-state index contributed by atoms with van der Waals surface area (Å²) < 4.78 is 32.5. The molecule has 0 aromatic heterocycles. The number of nitrogens with zero attached hydrogens (tertiary/aromatic N) is 2. The van der Waals surface area contributed by atoms with Gasteiger partial charge in [0.1, 0.15) is 5.75 Å². The molecule has 1 aliphatic heterocycles. The fraction of sp³-hybridized carbons (Fsp3) is 0.364. The Labute approximate surface area is 177 Å². The third kappa shape index (κ3) is 5.46. The lowest BCUT2D eigenvalue weighted by Gasteiger charge is -2.35. The zero-order valence-electron chi connectivity index (χ0n) is 17.2. The molecule has 8 heteroatoms. The molecule has 160 valence electrons. The number of carbonyl (C=O) groups excluding carboxylic acids is 2. The molecule has 0 spiro atoms. The number of Topliss-reactive ketones (excluding diaryl/α,β-unsaturated/α-hetero) is 1. The number of ether oxygens (including phenoxy) is 1. The third-order valence-electron chi connectivity index (χ3n) is 5.04. The largest absolute Gasteiger partial charge is 0.481 e. The van der Waals surface area contributed by atoms with Crippen LogP contribution >= 0.6 is 0 Å². The number of amides is 1. The third-order valence-corrected chi connectivity index (χ3v) is 6.89. The highest BCUT2D eigenvalue weighted by Gasteiger charge is 2.31. The number of rotatable bonds is 7. The van der Waals surface area contributed by atoms with E-state index in [1.165, 1.54) is 11.2 Å². The lowest BCUT2D eigenvalue weighted by atomic mass is 10.1. The summed E-state index contributed by atoms with van der Waals surface area (Å²) in [6.07, 6.45) is -0.736. The van der Waals surface area contributed by atoms with E-state index in [2.05, 4.69) is 0 Å². The van der Waals surface area contributed by atoms with E-state index in [1.807, 2.05) is 18.2 Å². The summed E-state index contributed by atoms with van der Waals surface area (Å²) in [6.45, 7) is 4.27. The van der Waals surface area contributed by atoms with Crippen molar-refractivity contribution in [3.63, 3.8) is 0 Å². The molecule has 1 fully saturated rings. The highest BCUT2D eigenvalue weighted by Crippen LogP contribution is 2.18. The van der Waals surface area contributed by atoms with Crippen molar-refractivity contribution in [3.8, 4) is 5.75 Å². The summed E-state index contributed by atoms with van der Waals surface area (Å²) in [4.78, 5) is 25.9. The van der Waals surface area contributed by atoms with Crippen LogP contribution in [0, 0.1) is 0 Å². The van der Waals surface area contributed by atoms with Crippen LogP contribution in [0.4, 0.5) is 0 Å². The molecule has 0 N–H and O–H groups in total. The van der Waals surface area contributed by atoms with Gasteiger partial charge in [0, 0.05) is 31.7 Å². The number of ketones is 1. The Hall–Kier alpha value is -2.71. The summed E-state index contributed by atoms with van der Waals surface area (Å²) in [6, 6.07) is 15.8. The van der Waals surface area contributed by atoms with E-state index in [0.29, 0.717) is 24.4 Å². The number of piperazine rings is 1. The van der Waals surface area contributed by atoms with E-state index in [1.54, 1.807) is 48.2 Å². The first-order valence-corrected chi connectivity index (χ1v) is 11.5. The lowest BCUT2D eigenvalue weighted by Crippen LogP contribution is -2.53. The highest BCUT2D eigenvalue weighted by molar-refractivity contribution is 7.88. The van der Waals surface area contributed by atoms with Crippen LogP contribution in [0.3, 0.4) is 0 Å². The molecule has 1 unspecified atom stereocenters. The monoisotopic (exact) mass is 430 g/mol. The van der Waals surface area contributed by atoms with Gasteiger partial charge in [-0.2, -0.15) is 4.31 Å². The van der Waals surface area contributed by atoms with Gasteiger partial charge in [-0.15, -0.1) is 0 Å². The Kier molecular flexibility index (Phi) is 6.89. The molecule has 1 atom stereocenters. The van der Waals surface area contributed by atoms with Crippen LogP contribution in [-0.4, -0.2) is 61.6 Å². The summed E-state index contributed by atoms with van der Waals surface area (Å²) in [5, 5.41) is 0. The van der Waals surface area contributed by atoms with Gasteiger partial charge in [0.2, 0.25) is 10.0 Å². The zero-order chi connectivity index (χ0) is 21.7. The second kappa shape index (κ2) is 9.40. The van der Waals surface area contributed by atoms with Crippen molar-refractivity contribution in [3.05, 3.63) is 65.7 Å². The molecular formula is C22H26N2O5S. The number of hydrogen-bond donors (Lipinski definition) is 0. The average molecular weight is 431 g/mol. The number of benzene rings is 2. The van der Waals surface area contributed by atoms with Crippen LogP contribution in [0.15, 0.2) is 54.6 Å². The molecule has 1 amide bonds. The minimum absolute atomic E-state index is 0.0478. The van der Waals surface area contributed by atoms with Crippen molar-refractivity contribution >= 4 is 21.7 Å². The Balaban J connectivity index is 1.55. The summed E-state index contributed by atoms with van der Waals surface area (Å²) >= 11 is 0. The van der Waals surface area contributed by atoms with E-state index in [-0.39, 0.29) is 30.5 Å². The minimum atomic E-state index is -3.44. The summed E-state index contributed by atoms with van der Waals surface area (Å²) in [5.41, 5.74) is 1.26. The van der Waals surface area contributed by atoms with E-state index in [9.17, 15) is 18.0 Å². The normalized spacial score (nSPS) is 16.1. The van der Waals surface area contributed by atoms with Crippen LogP contribution in [0.2, 0.25) is 0 Å². The highest BCUT2D eigenvalue weighted by atomic mass is 32.2. The quantitative estimate of drug-likeness (QED) is 0.630. The van der Waals surface area contributed by atoms with Crippen molar-refractivity contribution in [1.82, 2.24) is 9.21 Å². The Morgan fingerprint density at radius 2 is 1.67 bits per heavy atom. The molecule has 7 nitrogen and oxygen atoms in total. The number of hydrogen-bond acceptors (Lipinski definition) is 5. The second-order valence-corrected chi connectivity index (χ2v) is 9.28. The first-order chi connectivity index (χ1) is 14.3. The molecule has 30 heavy (non-hydrogen) atoms. The zero-order valence-corrected chi connectivity index (χ0v) is 18.0. The molecule has 1 aliphatic rings. The van der Waals surface area contributed by atoms with E-state index >= 15 is 0 Å². The van der Waals surface area contributed by atoms with Gasteiger partial charge >= 0.3 is 0 Å². The molecular weight excluding hydrogens is 404 g/mol. The van der Waals surface area contributed by atoms with Crippen LogP contribution in [0.25, 0.3) is 0 Å². The fourth-order valence-corrected chi connectivity index (χ4v) is 4.88. The number of sulfonamides is 1. The van der Waals surface area contributed by atoms with Gasteiger partial charge in [0.15, 0.2) is 11.9 Å². The van der Waals surface area contributed by atoms with E-state index in [4.69, 9.17) is 4.74 Å². The molecule has 3 rings (SSSR count). The second-order valence-electron chi connectivity index (χ2n) is 7.31. The van der Waals surface area contributed by atoms with Crippen LogP contribution in [0.5, 0.6) is 5.75 Å². The van der Waals surface area contributed by atoms with E-state index in [0.717, 1.165) is 5.56 Å². The SMILES string of the molecule is CC(=O)c1cccc(OC(C)C(=O)N2CCN(S(=O)(=O)Cc3ccccc3)CC2)c1. The molecule has 2 aromatic rings. The molecule has 1 saturated heterocycles. The van der Waals surface area contributed by atoms with Gasteiger partial charge in [-0.1, -0.05) is 42.5 Å². The number of carbonyl (C=O) groups is 2. The minimum Gasteiger partial charge on any atom is -0.481 e. The maximum absolute atomic E-state index is 12.7. The predicted octanol–water partition coefficient (Wildman–Crippen LogP) is 2.33. The summed E-state index contributed by atoms with van der Waals surface area (Å²) in [5.74, 6) is 0.122. The molecule has 2 aromatic carbocycles. The first kappa shape index (κ1) is 22.0. The van der Waals surface area contributed by atoms with Gasteiger partial charge in [0.05, 0.1) is 5.75 Å². The Morgan fingerprint density at radius 3 is 2.30 bits per heavy atom. The smallest absolute Gasteiger partial charge is 0.263 e. The molecule has 1 heterocycles. The van der Waals surface area contributed by atoms with E-state index < -0.39 is 16.1 Å². The topological polar surface area (TPSA) is 84.0 Å². The van der Waals surface area contributed by atoms with Gasteiger partial charge in [-0.05, 0) is 31.5 Å². The maximum atomic E-state index is 12.7. The van der Waals surface area contributed by atoms with Crippen molar-refractivity contribution < 1.29 is 22.7 Å². The van der Waals surface area contributed by atoms with Gasteiger partial charge in [-0.3, -0.25) is 9.59 Å². The molecule has 0 radical (unpaired) electrons. The lowest BCUT2D eigenvalue weighted by molar-refractivity contribution is -0.139. The van der Waals surface area contributed by atoms with Crippen LogP contribution in [0.1, 0.15) is 29.8 Å². The standard InChI is InChI=1S/C22H26N2O5S/c1-17(25)20-9-6-10-21(15-20)29-18(2)22(26)23-11-13-24(14-12-23)30(27,28)16-19-7-4-3-5-8-19/h3-10,15,18H,11-14,16H2,1-2H3. The van der Waals surface area contributed by atoms with Gasteiger partial charge < -0.3 is 9.64 Å². The summed E-state index contributed by atoms with van der Waals surface area (Å²) in [7, 11) is -3.44. The average Bonchev–Trinajstić information content (AvgIpc) is 2.74. The fourth-order valence-electron chi connectivity index (χ4n) is 3.36. The maximum Gasteiger partial charge on any atom is 0.263 e. The van der Waals surface area contributed by atoms with Crippen LogP contribution < -0.4 is 4.74 Å². The van der Waals surface area contributed by atoms with Crippen molar-refractivity contribution in [2.75, 3.05) is 26.2 Å². The van der Waals surface area contributed by atoms with Crippen molar-refractivity contribution in [1.29, 1.82) is 0 Å². The van der Waals surface area contributed by atoms with Crippen molar-refractivity contribution in [2.45, 2.75) is 25.7 Å². The molecule has 0 aliphatic carbocycles. The Bertz CT molecular complexity index is 999. The van der Waals surface area contributed by atoms with Crippen LogP contribution in [-0.2, 0) is 20.6 Å². The molecule has 0 saturated carbocycles. The Morgan fingerprint density at radius 1 is 1.00 bits per heavy atom.